The van der Waals surface area contributed by atoms with E-state index in [9.17, 15) is 18.0 Å². The van der Waals surface area contributed by atoms with Crippen LogP contribution < -0.4 is 5.32 Å². The van der Waals surface area contributed by atoms with Crippen LogP contribution in [0.5, 0.6) is 0 Å². The minimum absolute atomic E-state index is 0.0325. The van der Waals surface area contributed by atoms with E-state index in [-0.39, 0.29) is 22.6 Å². The molecule has 108 valence electrons. The quantitative estimate of drug-likeness (QED) is 0.887. The fourth-order valence-corrected chi connectivity index (χ4v) is 1.50. The minimum atomic E-state index is -5.03. The van der Waals surface area contributed by atoms with Crippen molar-refractivity contribution in [3.8, 4) is 0 Å². The van der Waals surface area contributed by atoms with E-state index in [2.05, 4.69) is 15.1 Å². The summed E-state index contributed by atoms with van der Waals surface area (Å²) >= 11 is 0. The number of anilines is 1. The van der Waals surface area contributed by atoms with E-state index in [1.54, 1.807) is 0 Å². The highest BCUT2D eigenvalue weighted by atomic mass is 19.4. The third-order valence-corrected chi connectivity index (χ3v) is 2.81. The van der Waals surface area contributed by atoms with Crippen LogP contribution in [0.1, 0.15) is 12.6 Å². The summed E-state index contributed by atoms with van der Waals surface area (Å²) < 4.78 is 43.6. The van der Waals surface area contributed by atoms with Gasteiger partial charge >= 0.3 is 12.1 Å². The molecule has 0 aliphatic rings. The highest BCUT2D eigenvalue weighted by Gasteiger charge is 2.58. The largest absolute Gasteiger partial charge is 0.479 e. The number of hydrogen-bond acceptors (Lipinski definition) is 6. The van der Waals surface area contributed by atoms with Crippen molar-refractivity contribution >= 4 is 22.9 Å². The Labute approximate surface area is 109 Å². The van der Waals surface area contributed by atoms with Crippen LogP contribution in [0.2, 0.25) is 0 Å². The van der Waals surface area contributed by atoms with Crippen LogP contribution in [0.25, 0.3) is 11.1 Å². The fraction of sp³-hybridized carbons (Fsp3) is 0.400. The fourth-order valence-electron chi connectivity index (χ4n) is 1.50. The molecule has 2 N–H and O–H groups in total. The van der Waals surface area contributed by atoms with Gasteiger partial charge in [0.1, 0.15) is 17.5 Å². The topological polar surface area (TPSA) is 101 Å². The zero-order chi connectivity index (χ0) is 15.1. The number of carboxylic acid groups (broad SMARTS) is 1. The third-order valence-electron chi connectivity index (χ3n) is 2.81. The average molecular weight is 290 g/mol. The van der Waals surface area contributed by atoms with Crippen molar-refractivity contribution in [1.82, 2.24) is 15.1 Å². The maximum atomic E-state index is 12.9. The Hall–Kier alpha value is -2.39. The lowest BCUT2D eigenvalue weighted by Gasteiger charge is -2.29. The number of nitrogens with zero attached hydrogens (tertiary/aromatic N) is 3. The van der Waals surface area contributed by atoms with Crippen molar-refractivity contribution in [1.29, 1.82) is 0 Å². The molecular weight excluding hydrogens is 281 g/mol. The lowest BCUT2D eigenvalue weighted by Crippen LogP contribution is -2.55. The monoisotopic (exact) mass is 290 g/mol. The van der Waals surface area contributed by atoms with Crippen LogP contribution in [0, 0.1) is 6.92 Å². The van der Waals surface area contributed by atoms with Gasteiger partial charge < -0.3 is 14.9 Å². The van der Waals surface area contributed by atoms with Gasteiger partial charge in [0.2, 0.25) is 5.54 Å². The second-order valence-electron chi connectivity index (χ2n) is 4.22. The number of carbonyl (C=O) groups is 1. The summed E-state index contributed by atoms with van der Waals surface area (Å²) in [5.74, 6) is -2.39. The van der Waals surface area contributed by atoms with Crippen molar-refractivity contribution < 1.29 is 27.6 Å². The SMILES string of the molecule is Cc1noc2ncnc(NC(C)(C(=O)O)C(F)(F)F)c12. The number of carboxylic acids is 1. The minimum Gasteiger partial charge on any atom is -0.479 e. The van der Waals surface area contributed by atoms with Crippen molar-refractivity contribution in [3.05, 3.63) is 12.0 Å². The van der Waals surface area contributed by atoms with E-state index < -0.39 is 17.7 Å². The molecule has 2 aromatic rings. The van der Waals surface area contributed by atoms with E-state index in [0.29, 0.717) is 6.92 Å². The predicted octanol–water partition coefficient (Wildman–Crippen LogP) is 1.74. The molecule has 0 saturated carbocycles. The van der Waals surface area contributed by atoms with E-state index in [1.807, 2.05) is 5.32 Å². The first-order valence-corrected chi connectivity index (χ1v) is 5.32. The Balaban J connectivity index is 2.55. The molecule has 0 aliphatic heterocycles. The molecule has 7 nitrogen and oxygen atoms in total. The Bertz CT molecular complexity index is 669. The maximum Gasteiger partial charge on any atom is 0.422 e. The lowest BCUT2D eigenvalue weighted by atomic mass is 10.0. The molecule has 2 aromatic heterocycles. The summed E-state index contributed by atoms with van der Waals surface area (Å²) in [5.41, 5.74) is -2.98. The van der Waals surface area contributed by atoms with Crippen LogP contribution >= 0.6 is 0 Å². The summed E-state index contributed by atoms with van der Waals surface area (Å²) in [7, 11) is 0. The van der Waals surface area contributed by atoms with Crippen molar-refractivity contribution in [2.24, 2.45) is 0 Å². The molecule has 20 heavy (non-hydrogen) atoms. The van der Waals surface area contributed by atoms with Gasteiger partial charge in [-0.25, -0.2) is 9.78 Å². The van der Waals surface area contributed by atoms with Crippen molar-refractivity contribution in [2.45, 2.75) is 25.6 Å². The molecule has 10 heteroatoms. The molecular formula is C10H9F3N4O3. The van der Waals surface area contributed by atoms with Gasteiger partial charge in [0, 0.05) is 0 Å². The van der Waals surface area contributed by atoms with Gasteiger partial charge in [-0.05, 0) is 13.8 Å². The highest BCUT2D eigenvalue weighted by molar-refractivity contribution is 5.91. The van der Waals surface area contributed by atoms with E-state index in [1.165, 1.54) is 6.92 Å². The first-order chi connectivity index (χ1) is 9.17. The maximum absolute atomic E-state index is 12.9. The number of aromatic nitrogens is 3. The Kier molecular flexibility index (Phi) is 3.03. The summed E-state index contributed by atoms with van der Waals surface area (Å²) in [5, 5.41) is 14.4. The van der Waals surface area contributed by atoms with Crippen LogP contribution in [-0.2, 0) is 4.79 Å². The summed E-state index contributed by atoms with van der Waals surface area (Å²) in [4.78, 5) is 18.3. The summed E-state index contributed by atoms with van der Waals surface area (Å²) in [6, 6.07) is 0. The molecule has 2 rings (SSSR count). The van der Waals surface area contributed by atoms with Gasteiger partial charge in [-0.15, -0.1) is 0 Å². The molecule has 0 aliphatic carbocycles. The number of hydrogen-bond donors (Lipinski definition) is 2. The highest BCUT2D eigenvalue weighted by Crippen LogP contribution is 2.35. The zero-order valence-corrected chi connectivity index (χ0v) is 10.3. The smallest absolute Gasteiger partial charge is 0.422 e. The predicted molar refractivity (Wildman–Crippen MR) is 60.1 cm³/mol. The second kappa shape index (κ2) is 4.32. The number of fused-ring (bicyclic) bond motifs is 1. The number of halogens is 3. The third kappa shape index (κ3) is 2.02. The van der Waals surface area contributed by atoms with Crippen LogP contribution in [0.15, 0.2) is 10.9 Å². The second-order valence-corrected chi connectivity index (χ2v) is 4.22. The lowest BCUT2D eigenvalue weighted by molar-refractivity contribution is -0.192. The normalized spacial score (nSPS) is 15.1. The van der Waals surface area contributed by atoms with Crippen LogP contribution in [0.3, 0.4) is 0 Å². The molecule has 0 bridgehead atoms. The van der Waals surface area contributed by atoms with Gasteiger partial charge in [-0.1, -0.05) is 5.16 Å². The van der Waals surface area contributed by atoms with E-state index in [4.69, 9.17) is 9.63 Å². The van der Waals surface area contributed by atoms with Crippen LogP contribution in [-0.4, -0.2) is 37.9 Å². The molecule has 0 aromatic carbocycles. The molecule has 0 radical (unpaired) electrons. The van der Waals surface area contributed by atoms with Gasteiger partial charge in [0.05, 0.1) is 5.69 Å². The zero-order valence-electron chi connectivity index (χ0n) is 10.3. The first-order valence-electron chi connectivity index (χ1n) is 5.32. The van der Waals surface area contributed by atoms with E-state index >= 15 is 0 Å². The standard InChI is InChI=1S/C10H9F3N4O3/c1-4-5-6(14-3-15-7(5)20-17-4)16-9(2,8(18)19)10(11,12)13/h3H,1-2H3,(H,18,19)(H,14,15,16). The first kappa shape index (κ1) is 14.0. The van der Waals surface area contributed by atoms with Crippen molar-refractivity contribution in [3.63, 3.8) is 0 Å². The van der Waals surface area contributed by atoms with E-state index in [0.717, 1.165) is 6.33 Å². The molecule has 0 amide bonds. The van der Waals surface area contributed by atoms with Crippen LogP contribution in [0.4, 0.5) is 19.0 Å². The summed E-state index contributed by atoms with van der Waals surface area (Å²) in [6.45, 7) is 1.98. The number of aliphatic carboxylic acids is 1. The molecule has 1 unspecified atom stereocenters. The molecule has 0 saturated heterocycles. The Morgan fingerprint density at radius 1 is 1.40 bits per heavy atom. The Morgan fingerprint density at radius 3 is 2.60 bits per heavy atom. The van der Waals surface area contributed by atoms with Gasteiger partial charge in [-0.2, -0.15) is 18.2 Å². The molecule has 2 heterocycles. The van der Waals surface area contributed by atoms with Gasteiger partial charge in [-0.3, -0.25) is 0 Å². The van der Waals surface area contributed by atoms with Crippen molar-refractivity contribution in [2.75, 3.05) is 5.32 Å². The number of aryl methyl sites for hydroxylation is 1. The molecule has 1 atom stereocenters. The molecule has 0 fully saturated rings. The number of nitrogens with one attached hydrogen (secondary N) is 1. The number of rotatable bonds is 3. The van der Waals surface area contributed by atoms with Gasteiger partial charge in [0.15, 0.2) is 0 Å². The molecule has 0 spiro atoms. The Morgan fingerprint density at radius 2 is 2.05 bits per heavy atom. The van der Waals surface area contributed by atoms with Gasteiger partial charge in [0.25, 0.3) is 5.71 Å². The number of alkyl halides is 3. The summed E-state index contributed by atoms with van der Waals surface area (Å²) in [6.07, 6.45) is -4.07. The average Bonchev–Trinajstić information content (AvgIpc) is 2.70.